The van der Waals surface area contributed by atoms with Crippen LogP contribution in [-0.4, -0.2) is 4.57 Å². The van der Waals surface area contributed by atoms with E-state index in [4.69, 9.17) is 0 Å². The molecular weight excluding hydrogens is 685 g/mol. The molecule has 0 atom stereocenters. The average Bonchev–Trinajstić information content (AvgIpc) is 3.80. The Bertz CT molecular complexity index is 3090. The van der Waals surface area contributed by atoms with Gasteiger partial charge in [-0.1, -0.05) is 127 Å². The van der Waals surface area contributed by atoms with Gasteiger partial charge in [0.1, 0.15) is 0 Å². The molecule has 0 aliphatic heterocycles. The minimum atomic E-state index is 1.08. The highest BCUT2D eigenvalue weighted by atomic mass is 32.1. The maximum absolute atomic E-state index is 2.44. The topological polar surface area (TPSA) is 8.17 Å². The Morgan fingerprint density at radius 1 is 0.491 bits per heavy atom. The Balaban J connectivity index is 1.11. The SMILES string of the molecule is C1=Cc2c(ccc3c2c2cc(-c4cccc(N(c5ccc6c(c5)sc5ccccc56)c5ccccc5-c5ccccc5)c4)ccc2n3-c2ccccc2)CC1. The third-order valence-electron chi connectivity index (χ3n) is 11.2. The van der Waals surface area contributed by atoms with Gasteiger partial charge in [0.25, 0.3) is 0 Å². The number of thiophene rings is 1. The van der Waals surface area contributed by atoms with Crippen molar-refractivity contribution in [3.8, 4) is 27.9 Å². The van der Waals surface area contributed by atoms with E-state index >= 15 is 0 Å². The van der Waals surface area contributed by atoms with E-state index in [0.29, 0.717) is 0 Å². The highest BCUT2D eigenvalue weighted by molar-refractivity contribution is 7.25. The smallest absolute Gasteiger partial charge is 0.0547 e. The van der Waals surface area contributed by atoms with Crippen molar-refractivity contribution in [3.63, 3.8) is 0 Å². The Morgan fingerprint density at radius 3 is 2.13 bits per heavy atom. The molecule has 55 heavy (non-hydrogen) atoms. The summed E-state index contributed by atoms with van der Waals surface area (Å²) in [5.74, 6) is 0. The second kappa shape index (κ2) is 13.0. The second-order valence-electron chi connectivity index (χ2n) is 14.4. The van der Waals surface area contributed by atoms with Crippen LogP contribution in [0.1, 0.15) is 17.5 Å². The quantitative estimate of drug-likeness (QED) is 0.166. The fraction of sp³-hybridized carbons (Fsp3) is 0.0385. The molecular formula is C52H36N2S. The molecule has 8 aromatic carbocycles. The Kier molecular flexibility index (Phi) is 7.53. The molecule has 0 spiro atoms. The Hall–Kier alpha value is -6.68. The zero-order valence-corrected chi connectivity index (χ0v) is 31.0. The van der Waals surface area contributed by atoms with Crippen molar-refractivity contribution in [2.24, 2.45) is 0 Å². The van der Waals surface area contributed by atoms with Crippen LogP contribution in [0.25, 0.3) is 76.0 Å². The van der Waals surface area contributed by atoms with E-state index in [2.05, 4.69) is 204 Å². The van der Waals surface area contributed by atoms with Crippen LogP contribution >= 0.6 is 11.3 Å². The summed E-state index contributed by atoms with van der Waals surface area (Å²) in [6, 6.07) is 66.8. The van der Waals surface area contributed by atoms with Crippen LogP contribution in [0.3, 0.4) is 0 Å². The van der Waals surface area contributed by atoms with Gasteiger partial charge in [0.05, 0.1) is 16.7 Å². The van der Waals surface area contributed by atoms with E-state index in [0.717, 1.165) is 29.9 Å². The first-order valence-corrected chi connectivity index (χ1v) is 19.9. The molecule has 0 fully saturated rings. The molecule has 2 aromatic heterocycles. The predicted molar refractivity (Wildman–Crippen MR) is 237 cm³/mol. The second-order valence-corrected chi connectivity index (χ2v) is 15.5. The van der Waals surface area contributed by atoms with Crippen LogP contribution in [0.5, 0.6) is 0 Å². The summed E-state index contributed by atoms with van der Waals surface area (Å²) in [6.45, 7) is 0. The number of anilines is 3. The number of benzene rings is 8. The number of para-hydroxylation sites is 2. The molecule has 0 saturated carbocycles. The largest absolute Gasteiger partial charge is 0.310 e. The summed E-state index contributed by atoms with van der Waals surface area (Å²) < 4.78 is 5.03. The number of nitrogens with zero attached hydrogens (tertiary/aromatic N) is 2. The lowest BCUT2D eigenvalue weighted by Crippen LogP contribution is -2.11. The van der Waals surface area contributed by atoms with Crippen molar-refractivity contribution in [3.05, 3.63) is 199 Å². The van der Waals surface area contributed by atoms with E-state index in [1.165, 1.54) is 81.0 Å². The fourth-order valence-corrected chi connectivity index (χ4v) is 9.84. The fourth-order valence-electron chi connectivity index (χ4n) is 8.70. The highest BCUT2D eigenvalue weighted by Crippen LogP contribution is 2.45. The molecule has 3 heteroatoms. The molecule has 0 bridgehead atoms. The van der Waals surface area contributed by atoms with Crippen LogP contribution in [-0.2, 0) is 6.42 Å². The molecule has 2 heterocycles. The number of allylic oxidation sites excluding steroid dienone is 1. The minimum absolute atomic E-state index is 1.08. The average molecular weight is 721 g/mol. The van der Waals surface area contributed by atoms with E-state index in [9.17, 15) is 0 Å². The van der Waals surface area contributed by atoms with E-state index in [-0.39, 0.29) is 0 Å². The van der Waals surface area contributed by atoms with E-state index < -0.39 is 0 Å². The van der Waals surface area contributed by atoms with Gasteiger partial charge < -0.3 is 9.47 Å². The van der Waals surface area contributed by atoms with E-state index in [1.54, 1.807) is 0 Å². The number of rotatable bonds is 6. The standard InChI is InChI=1S/C52H36N2S/c1-3-14-35(15-4-1)42-21-9-11-24-47(42)53(41-28-29-45-44-23-10-12-25-50(44)55-51(45)34-41)40-20-13-17-37(32-40)38-27-30-48-46(33-38)52-43-22-8-7-16-36(43)26-31-49(52)54(48)39-18-5-2-6-19-39/h1-6,8-15,17-34H,7,16H2. The predicted octanol–water partition coefficient (Wildman–Crippen LogP) is 14.9. The Morgan fingerprint density at radius 2 is 1.22 bits per heavy atom. The van der Waals surface area contributed by atoms with Gasteiger partial charge in [-0.15, -0.1) is 11.3 Å². The molecule has 0 saturated heterocycles. The van der Waals surface area contributed by atoms with Crippen LogP contribution < -0.4 is 4.90 Å². The molecule has 1 aliphatic rings. The molecule has 2 nitrogen and oxygen atoms in total. The molecule has 10 aromatic rings. The third kappa shape index (κ3) is 5.31. The lowest BCUT2D eigenvalue weighted by molar-refractivity contribution is 0.989. The lowest BCUT2D eigenvalue weighted by Gasteiger charge is -2.28. The van der Waals surface area contributed by atoms with Crippen molar-refractivity contribution in [2.75, 3.05) is 4.90 Å². The molecule has 1 aliphatic carbocycles. The lowest BCUT2D eigenvalue weighted by atomic mass is 9.92. The molecule has 11 rings (SSSR count). The number of fused-ring (bicyclic) bond motifs is 8. The normalized spacial score (nSPS) is 12.5. The van der Waals surface area contributed by atoms with Crippen molar-refractivity contribution < 1.29 is 0 Å². The van der Waals surface area contributed by atoms with Gasteiger partial charge in [0.15, 0.2) is 0 Å². The van der Waals surface area contributed by atoms with Crippen LogP contribution in [0.4, 0.5) is 17.1 Å². The van der Waals surface area contributed by atoms with Crippen molar-refractivity contribution in [1.29, 1.82) is 0 Å². The van der Waals surface area contributed by atoms with Crippen LogP contribution in [0.15, 0.2) is 188 Å². The Labute approximate surface area is 324 Å². The first-order chi connectivity index (χ1) is 27.3. The number of hydrogen-bond donors (Lipinski definition) is 0. The summed E-state index contributed by atoms with van der Waals surface area (Å²) in [5, 5.41) is 5.23. The van der Waals surface area contributed by atoms with Gasteiger partial charge in [0.2, 0.25) is 0 Å². The monoisotopic (exact) mass is 720 g/mol. The molecule has 0 N–H and O–H groups in total. The summed E-state index contributed by atoms with van der Waals surface area (Å²) in [4.78, 5) is 2.44. The molecule has 0 amide bonds. The highest BCUT2D eigenvalue weighted by Gasteiger charge is 2.21. The van der Waals surface area contributed by atoms with Crippen molar-refractivity contribution in [2.45, 2.75) is 12.8 Å². The number of aromatic nitrogens is 1. The maximum Gasteiger partial charge on any atom is 0.0547 e. The van der Waals surface area contributed by atoms with Gasteiger partial charge in [0, 0.05) is 53.6 Å². The van der Waals surface area contributed by atoms with Gasteiger partial charge in [-0.25, -0.2) is 0 Å². The summed E-state index contributed by atoms with van der Waals surface area (Å²) in [7, 11) is 0. The number of hydrogen-bond acceptors (Lipinski definition) is 2. The summed E-state index contributed by atoms with van der Waals surface area (Å²) >= 11 is 1.86. The first kappa shape index (κ1) is 31.8. The maximum atomic E-state index is 2.44. The third-order valence-corrected chi connectivity index (χ3v) is 12.4. The van der Waals surface area contributed by atoms with Crippen molar-refractivity contribution in [1.82, 2.24) is 4.57 Å². The van der Waals surface area contributed by atoms with E-state index in [1.807, 2.05) is 11.3 Å². The van der Waals surface area contributed by atoms with Crippen molar-refractivity contribution >= 4 is 76.5 Å². The van der Waals surface area contributed by atoms with Crippen LogP contribution in [0.2, 0.25) is 0 Å². The summed E-state index contributed by atoms with van der Waals surface area (Å²) in [6.07, 6.45) is 6.85. The molecule has 0 radical (unpaired) electrons. The zero-order chi connectivity index (χ0) is 36.3. The number of aryl methyl sites for hydroxylation is 1. The van der Waals surface area contributed by atoms with Gasteiger partial charge >= 0.3 is 0 Å². The van der Waals surface area contributed by atoms with Gasteiger partial charge in [-0.05, 0) is 107 Å². The molecule has 0 unspecified atom stereocenters. The first-order valence-electron chi connectivity index (χ1n) is 19.1. The minimum Gasteiger partial charge on any atom is -0.310 e. The molecule has 260 valence electrons. The van der Waals surface area contributed by atoms with Gasteiger partial charge in [-0.3, -0.25) is 0 Å². The van der Waals surface area contributed by atoms with Crippen LogP contribution in [0, 0.1) is 0 Å². The summed E-state index contributed by atoms with van der Waals surface area (Å²) in [5.41, 5.74) is 14.6. The van der Waals surface area contributed by atoms with Gasteiger partial charge in [-0.2, -0.15) is 0 Å². The zero-order valence-electron chi connectivity index (χ0n) is 30.2.